The third-order valence-corrected chi connectivity index (χ3v) is 9.06. The summed E-state index contributed by atoms with van der Waals surface area (Å²) in [4.78, 5) is 36.8. The Morgan fingerprint density at radius 3 is 1.05 bits per heavy atom. The van der Waals surface area contributed by atoms with Gasteiger partial charge in [-0.2, -0.15) is 0 Å². The Bertz CT molecular complexity index is 682. The first-order valence-corrected chi connectivity index (χ1v) is 17.4. The van der Waals surface area contributed by atoms with Gasteiger partial charge in [0.05, 0.1) is 6.54 Å². The van der Waals surface area contributed by atoms with E-state index < -0.39 is 40.5 Å². The summed E-state index contributed by atoms with van der Waals surface area (Å²) in [5.41, 5.74) is 0. The molecule has 0 aromatic carbocycles. The van der Waals surface area contributed by atoms with Crippen molar-refractivity contribution in [3.05, 3.63) is 12.2 Å². The third kappa shape index (κ3) is 15.5. The monoisotopic (exact) mass is 596 g/mol. The smallest absolute Gasteiger partial charge is 0.362 e. The molecule has 0 aromatic rings. The number of carboxylic acids is 3. The molecule has 0 aliphatic heterocycles. The van der Waals surface area contributed by atoms with Gasteiger partial charge < -0.3 is 15.3 Å². The Morgan fingerprint density at radius 2 is 0.762 bits per heavy atom. The fourth-order valence-electron chi connectivity index (χ4n) is 6.80. The van der Waals surface area contributed by atoms with Crippen LogP contribution in [0.25, 0.3) is 0 Å². The van der Waals surface area contributed by atoms with Crippen LogP contribution < -0.4 is 0 Å². The Balaban J connectivity index is 4.39. The molecule has 0 saturated heterocycles. The van der Waals surface area contributed by atoms with E-state index in [1.165, 1.54) is 83.5 Å². The van der Waals surface area contributed by atoms with Crippen molar-refractivity contribution in [2.24, 2.45) is 0 Å². The molecule has 7 heteroatoms. The predicted molar refractivity (Wildman–Crippen MR) is 173 cm³/mol. The zero-order chi connectivity index (χ0) is 31.6. The molecule has 0 heterocycles. The maximum Gasteiger partial charge on any atom is 0.362 e. The van der Waals surface area contributed by atoms with Gasteiger partial charge in [0.25, 0.3) is 0 Å². The van der Waals surface area contributed by atoms with Crippen molar-refractivity contribution in [3.63, 3.8) is 0 Å². The largest absolute Gasteiger partial charge is 0.477 e. The molecule has 246 valence electrons. The second kappa shape index (κ2) is 25.6. The summed E-state index contributed by atoms with van der Waals surface area (Å²) in [5, 5.41) is 30.1. The van der Waals surface area contributed by atoms with Crippen LogP contribution in [0.4, 0.5) is 0 Å². The molecule has 0 aliphatic carbocycles. The van der Waals surface area contributed by atoms with Gasteiger partial charge in [-0.15, -0.1) is 0 Å². The van der Waals surface area contributed by atoms with E-state index in [1.54, 1.807) is 20.8 Å². The highest BCUT2D eigenvalue weighted by Crippen LogP contribution is 2.32. The number of quaternary nitrogens is 1. The highest BCUT2D eigenvalue weighted by molar-refractivity contribution is 5.78. The van der Waals surface area contributed by atoms with Crippen LogP contribution in [-0.4, -0.2) is 62.4 Å². The second-order valence-corrected chi connectivity index (χ2v) is 12.2. The minimum Gasteiger partial charge on any atom is -0.477 e. The zero-order valence-corrected chi connectivity index (χ0v) is 27.7. The van der Waals surface area contributed by atoms with Gasteiger partial charge in [0.15, 0.2) is 18.1 Å². The summed E-state index contributed by atoms with van der Waals surface area (Å²) in [5.74, 6) is -3.35. The number of carboxylic acid groups (broad SMARTS) is 3. The molecule has 0 aliphatic rings. The average Bonchev–Trinajstić information content (AvgIpc) is 2.94. The minimum atomic E-state index is -1.12. The van der Waals surface area contributed by atoms with E-state index in [0.29, 0.717) is 6.42 Å². The molecule has 3 atom stereocenters. The van der Waals surface area contributed by atoms with Gasteiger partial charge in [0.2, 0.25) is 0 Å². The summed E-state index contributed by atoms with van der Waals surface area (Å²) < 4.78 is -0.408. The lowest BCUT2D eigenvalue weighted by Crippen LogP contribution is -2.72. The molecule has 3 unspecified atom stereocenters. The highest BCUT2D eigenvalue weighted by Gasteiger charge is 2.55. The fourth-order valence-corrected chi connectivity index (χ4v) is 6.80. The molecule has 7 nitrogen and oxygen atoms in total. The number of carbonyl (C=O) groups is 3. The molecule has 0 rings (SSSR count). The summed E-state index contributed by atoms with van der Waals surface area (Å²) in [6, 6.07) is -3.19. The van der Waals surface area contributed by atoms with E-state index in [9.17, 15) is 29.7 Å². The van der Waals surface area contributed by atoms with Crippen molar-refractivity contribution in [1.82, 2.24) is 0 Å². The van der Waals surface area contributed by atoms with Crippen molar-refractivity contribution < 1.29 is 34.2 Å². The highest BCUT2D eigenvalue weighted by atomic mass is 16.4. The molecule has 3 N–H and O–H groups in total. The Kier molecular flexibility index (Phi) is 24.4. The number of hydrogen-bond donors (Lipinski definition) is 3. The fraction of sp³-hybridized carbons (Fsp3) is 0.857. The first-order chi connectivity index (χ1) is 20.2. The summed E-state index contributed by atoms with van der Waals surface area (Å²) in [6.45, 7) is 7.65. The number of nitrogens with zero attached hydrogens (tertiary/aromatic N) is 1. The van der Waals surface area contributed by atoms with Gasteiger partial charge in [-0.3, -0.25) is 4.48 Å². The maximum absolute atomic E-state index is 12.3. The van der Waals surface area contributed by atoms with Crippen LogP contribution in [0, 0.1) is 0 Å². The van der Waals surface area contributed by atoms with E-state index in [0.717, 1.165) is 32.1 Å². The Labute approximate surface area is 257 Å². The second-order valence-electron chi connectivity index (χ2n) is 12.2. The lowest BCUT2D eigenvalue weighted by Gasteiger charge is -2.49. The molecule has 0 bridgehead atoms. The van der Waals surface area contributed by atoms with Gasteiger partial charge in [-0.05, 0) is 38.5 Å². The Hall–Kier alpha value is -1.89. The number of rotatable bonds is 30. The molecular formula is C35H66NO6+. The lowest BCUT2D eigenvalue weighted by molar-refractivity contribution is -0.973. The van der Waals surface area contributed by atoms with Crippen LogP contribution in [0.3, 0.4) is 0 Å². The summed E-state index contributed by atoms with van der Waals surface area (Å²) >= 11 is 0. The number of hydrogen-bond acceptors (Lipinski definition) is 3. The molecule has 0 saturated carbocycles. The topological polar surface area (TPSA) is 112 Å². The van der Waals surface area contributed by atoms with E-state index >= 15 is 0 Å². The van der Waals surface area contributed by atoms with Crippen molar-refractivity contribution in [2.75, 3.05) is 6.54 Å². The molecule has 0 aromatic heterocycles. The first kappa shape index (κ1) is 40.1. The molecule has 0 amide bonds. The first-order valence-electron chi connectivity index (χ1n) is 17.4. The van der Waals surface area contributed by atoms with E-state index in [2.05, 4.69) is 19.1 Å². The van der Waals surface area contributed by atoms with Gasteiger partial charge in [-0.1, -0.05) is 123 Å². The minimum absolute atomic E-state index is 0.191. The normalized spacial score (nSPS) is 15.3. The quantitative estimate of drug-likeness (QED) is 0.0433. The summed E-state index contributed by atoms with van der Waals surface area (Å²) in [6.07, 6.45) is 28.4. The van der Waals surface area contributed by atoms with Gasteiger partial charge >= 0.3 is 17.9 Å². The van der Waals surface area contributed by atoms with Crippen molar-refractivity contribution in [1.29, 1.82) is 0 Å². The molecule has 0 radical (unpaired) electrons. The van der Waals surface area contributed by atoms with Gasteiger partial charge in [-0.25, -0.2) is 14.4 Å². The lowest BCUT2D eigenvalue weighted by atomic mass is 9.93. The van der Waals surface area contributed by atoms with E-state index in [4.69, 9.17) is 0 Å². The van der Waals surface area contributed by atoms with Crippen LogP contribution in [-0.2, 0) is 14.4 Å². The van der Waals surface area contributed by atoms with E-state index in [1.807, 2.05) is 0 Å². The Morgan fingerprint density at radius 1 is 0.476 bits per heavy atom. The standard InChI is InChI=1S/C35H65NO6/c1-5-9-10-11-12-13-14-15-16-17-18-19-20-21-22-23-24-25-26-27-28-29-36(30(6-2)33(37)38,31(7-3)34(39)40)32(8-4)35(41)42/h19-20,30-32H,5-18,21-29H2,1-4H3,(H2-,37,38,39,40,41,42)/p+1/b20-19+. The summed E-state index contributed by atoms with van der Waals surface area (Å²) in [7, 11) is 0. The average molecular weight is 597 g/mol. The third-order valence-electron chi connectivity index (χ3n) is 9.06. The van der Waals surface area contributed by atoms with Crippen LogP contribution >= 0.6 is 0 Å². The number of allylic oxidation sites excluding steroid dienone is 2. The van der Waals surface area contributed by atoms with Crippen LogP contribution in [0.15, 0.2) is 12.2 Å². The van der Waals surface area contributed by atoms with Crippen molar-refractivity contribution in [3.8, 4) is 0 Å². The SMILES string of the molecule is CCCCCCCCCCCC/C=C/CCCCCCCCC[N+](C(CC)C(=O)O)(C(CC)C(=O)O)C(CC)C(=O)O. The molecule has 42 heavy (non-hydrogen) atoms. The van der Waals surface area contributed by atoms with Crippen LogP contribution in [0.5, 0.6) is 0 Å². The van der Waals surface area contributed by atoms with E-state index in [-0.39, 0.29) is 25.8 Å². The van der Waals surface area contributed by atoms with Crippen molar-refractivity contribution in [2.45, 2.75) is 187 Å². The zero-order valence-electron chi connectivity index (χ0n) is 27.7. The molecule has 0 fully saturated rings. The van der Waals surface area contributed by atoms with Gasteiger partial charge in [0, 0.05) is 19.3 Å². The van der Waals surface area contributed by atoms with Gasteiger partial charge in [0.1, 0.15) is 0 Å². The molecular weight excluding hydrogens is 530 g/mol. The maximum atomic E-state index is 12.3. The predicted octanol–water partition coefficient (Wildman–Crippen LogP) is 9.38. The molecule has 0 spiro atoms. The number of aliphatic carboxylic acids is 3. The van der Waals surface area contributed by atoms with Crippen molar-refractivity contribution >= 4 is 17.9 Å². The number of unbranched alkanes of at least 4 members (excludes halogenated alkanes) is 17. The van der Waals surface area contributed by atoms with Crippen LogP contribution in [0.2, 0.25) is 0 Å². The van der Waals surface area contributed by atoms with Crippen LogP contribution in [0.1, 0.15) is 169 Å².